The molecule has 0 heterocycles. The van der Waals surface area contributed by atoms with E-state index in [1.54, 1.807) is 30.3 Å². The number of fused-ring (bicyclic) bond motifs is 1. The lowest BCUT2D eigenvalue weighted by Gasteiger charge is -2.11. The summed E-state index contributed by atoms with van der Waals surface area (Å²) in [5.41, 5.74) is 5.49. The molecular weight excluding hydrogens is 475 g/mol. The van der Waals surface area contributed by atoms with Crippen LogP contribution < -0.4 is 11.1 Å². The zero-order valence-electron chi connectivity index (χ0n) is 18.2. The van der Waals surface area contributed by atoms with Crippen LogP contribution in [0, 0.1) is 0 Å². The van der Waals surface area contributed by atoms with Gasteiger partial charge in [0.1, 0.15) is 5.70 Å². The zero-order valence-corrected chi connectivity index (χ0v) is 18.9. The monoisotopic (exact) mass is 493 g/mol. The van der Waals surface area contributed by atoms with Crippen LogP contribution in [0.5, 0.6) is 0 Å². The number of hydrogen-bond acceptors (Lipinski definition) is 3. The smallest absolute Gasteiger partial charge is 0.395 e. The van der Waals surface area contributed by atoms with Crippen molar-refractivity contribution >= 4 is 45.4 Å². The molecule has 0 saturated heterocycles. The van der Waals surface area contributed by atoms with Gasteiger partial charge in [0.2, 0.25) is 0 Å². The zero-order chi connectivity index (χ0) is 25.0. The molecule has 0 fully saturated rings. The first-order valence-corrected chi connectivity index (χ1v) is 10.9. The Labute approximate surface area is 204 Å². The Balaban J connectivity index is 1.65. The Kier molecular flexibility index (Phi) is 6.89. The fourth-order valence-corrected chi connectivity index (χ4v) is 3.58. The number of carbonyl (C=O) groups excluding carboxylic acids is 1. The highest BCUT2D eigenvalue weighted by Crippen LogP contribution is 2.27. The van der Waals surface area contributed by atoms with Crippen LogP contribution in [-0.4, -0.2) is 17.8 Å². The van der Waals surface area contributed by atoms with Gasteiger partial charge in [-0.2, -0.15) is 13.2 Å². The van der Waals surface area contributed by atoms with Crippen LogP contribution >= 0.6 is 11.6 Å². The summed E-state index contributed by atoms with van der Waals surface area (Å²) in [4.78, 5) is 17.1. The number of aliphatic imine (C=N–C) groups is 1. The lowest BCUT2D eigenvalue weighted by molar-refractivity contribution is -0.0925. The normalized spacial score (nSPS) is 12.6. The number of anilines is 1. The number of nitrogens with two attached hydrogens (primary N) is 1. The molecule has 0 aliphatic heterocycles. The standard InChI is InChI=1S/C27H19ClF3N3O/c28-21-9-3-4-10-23(21)33-24(16-25(32)27(29,30)31)18-12-14-19(15-13-18)26(35)34-22-11-5-7-17-6-1-2-8-20(17)22/h1-16H,32H2,(H,34,35). The average Bonchev–Trinajstić information content (AvgIpc) is 2.84. The number of carbonyl (C=O) groups is 1. The molecule has 0 unspecified atom stereocenters. The lowest BCUT2D eigenvalue weighted by atomic mass is 10.0. The second-order valence-electron chi connectivity index (χ2n) is 7.60. The highest BCUT2D eigenvalue weighted by Gasteiger charge is 2.31. The third-order valence-electron chi connectivity index (χ3n) is 5.19. The summed E-state index contributed by atoms with van der Waals surface area (Å²) in [6.45, 7) is 0. The number of amides is 1. The molecule has 3 N–H and O–H groups in total. The molecule has 0 atom stereocenters. The minimum Gasteiger partial charge on any atom is -0.395 e. The molecule has 176 valence electrons. The van der Waals surface area contributed by atoms with Crippen LogP contribution in [-0.2, 0) is 0 Å². The van der Waals surface area contributed by atoms with Gasteiger partial charge in [-0.3, -0.25) is 4.79 Å². The molecular formula is C27H19ClF3N3O. The Morgan fingerprint density at radius 2 is 1.49 bits per heavy atom. The maximum Gasteiger partial charge on any atom is 0.430 e. The molecule has 0 aliphatic rings. The molecule has 0 aliphatic carbocycles. The SMILES string of the molecule is NC(=CC(=Nc1ccccc1Cl)c1ccc(C(=O)Nc2cccc3ccccc23)cc1)C(F)(F)F. The van der Waals surface area contributed by atoms with Crippen molar-refractivity contribution in [3.05, 3.63) is 119 Å². The van der Waals surface area contributed by atoms with Gasteiger partial charge in [-0.1, -0.05) is 72.3 Å². The van der Waals surface area contributed by atoms with Crippen LogP contribution in [0.15, 0.2) is 108 Å². The van der Waals surface area contributed by atoms with Gasteiger partial charge in [0.15, 0.2) is 0 Å². The van der Waals surface area contributed by atoms with E-state index in [1.807, 2.05) is 36.4 Å². The number of para-hydroxylation sites is 1. The first kappa shape index (κ1) is 24.0. The van der Waals surface area contributed by atoms with Gasteiger partial charge in [-0.05, 0) is 41.8 Å². The minimum absolute atomic E-state index is 0.0473. The molecule has 4 nitrogen and oxygen atoms in total. The molecule has 0 bridgehead atoms. The van der Waals surface area contributed by atoms with Crippen molar-refractivity contribution in [2.24, 2.45) is 10.7 Å². The van der Waals surface area contributed by atoms with Crippen LogP contribution in [0.4, 0.5) is 24.5 Å². The van der Waals surface area contributed by atoms with Crippen LogP contribution in [0.25, 0.3) is 10.8 Å². The van der Waals surface area contributed by atoms with E-state index in [2.05, 4.69) is 10.3 Å². The molecule has 0 spiro atoms. The summed E-state index contributed by atoms with van der Waals surface area (Å²) in [7, 11) is 0. The van der Waals surface area contributed by atoms with E-state index in [9.17, 15) is 18.0 Å². The molecule has 4 rings (SSSR count). The van der Waals surface area contributed by atoms with Crippen LogP contribution in [0.1, 0.15) is 15.9 Å². The number of allylic oxidation sites excluding steroid dienone is 2. The minimum atomic E-state index is -4.72. The highest BCUT2D eigenvalue weighted by atomic mass is 35.5. The summed E-state index contributed by atoms with van der Waals surface area (Å²) in [5.74, 6) is -0.358. The van der Waals surface area contributed by atoms with Crippen molar-refractivity contribution < 1.29 is 18.0 Å². The third-order valence-corrected chi connectivity index (χ3v) is 5.51. The Hall–Kier alpha value is -4.10. The van der Waals surface area contributed by atoms with Crippen molar-refractivity contribution in [2.45, 2.75) is 6.18 Å². The fraction of sp³-hybridized carbons (Fsp3) is 0.0370. The van der Waals surface area contributed by atoms with Gasteiger partial charge in [0.05, 0.1) is 16.4 Å². The topological polar surface area (TPSA) is 67.5 Å². The second-order valence-corrected chi connectivity index (χ2v) is 8.01. The van der Waals surface area contributed by atoms with Crippen LogP contribution in [0.3, 0.4) is 0 Å². The average molecular weight is 494 g/mol. The molecule has 0 radical (unpaired) electrons. The lowest BCUT2D eigenvalue weighted by Crippen LogP contribution is -2.21. The first-order chi connectivity index (χ1) is 16.7. The molecule has 4 aromatic rings. The third kappa shape index (κ3) is 5.70. The Morgan fingerprint density at radius 1 is 0.857 bits per heavy atom. The van der Waals surface area contributed by atoms with E-state index in [-0.39, 0.29) is 22.3 Å². The Morgan fingerprint density at radius 3 is 2.20 bits per heavy atom. The molecule has 4 aromatic carbocycles. The number of halogens is 4. The van der Waals surface area contributed by atoms with E-state index in [1.165, 1.54) is 24.3 Å². The van der Waals surface area contributed by atoms with E-state index < -0.39 is 11.9 Å². The molecule has 8 heteroatoms. The van der Waals surface area contributed by atoms with Gasteiger partial charge in [0.25, 0.3) is 5.91 Å². The van der Waals surface area contributed by atoms with E-state index in [4.69, 9.17) is 17.3 Å². The number of nitrogens with zero attached hydrogens (tertiary/aromatic N) is 1. The van der Waals surface area contributed by atoms with E-state index >= 15 is 0 Å². The predicted octanol–water partition coefficient (Wildman–Crippen LogP) is 7.27. The van der Waals surface area contributed by atoms with Gasteiger partial charge >= 0.3 is 6.18 Å². The summed E-state index contributed by atoms with van der Waals surface area (Å²) in [6, 6.07) is 25.8. The van der Waals surface area contributed by atoms with Gasteiger partial charge < -0.3 is 11.1 Å². The van der Waals surface area contributed by atoms with Gasteiger partial charge in [0, 0.05) is 22.2 Å². The maximum absolute atomic E-state index is 13.1. The number of rotatable bonds is 5. The number of nitrogens with one attached hydrogen (secondary N) is 1. The largest absolute Gasteiger partial charge is 0.430 e. The van der Waals surface area contributed by atoms with E-state index in [0.717, 1.165) is 16.8 Å². The van der Waals surface area contributed by atoms with Crippen molar-refractivity contribution in [3.8, 4) is 0 Å². The Bertz CT molecular complexity index is 1440. The van der Waals surface area contributed by atoms with Crippen molar-refractivity contribution in [1.82, 2.24) is 0 Å². The first-order valence-electron chi connectivity index (χ1n) is 10.5. The molecule has 0 aromatic heterocycles. The van der Waals surface area contributed by atoms with Crippen molar-refractivity contribution in [3.63, 3.8) is 0 Å². The molecule has 0 saturated carbocycles. The quantitative estimate of drug-likeness (QED) is 0.287. The van der Waals surface area contributed by atoms with Crippen LogP contribution in [0.2, 0.25) is 5.02 Å². The predicted molar refractivity (Wildman–Crippen MR) is 134 cm³/mol. The number of hydrogen-bond donors (Lipinski definition) is 2. The number of alkyl halides is 3. The highest BCUT2D eigenvalue weighted by molar-refractivity contribution is 6.33. The summed E-state index contributed by atoms with van der Waals surface area (Å²) < 4.78 is 39.3. The van der Waals surface area contributed by atoms with Crippen molar-refractivity contribution in [1.29, 1.82) is 0 Å². The number of benzene rings is 4. The molecule has 35 heavy (non-hydrogen) atoms. The summed E-state index contributed by atoms with van der Waals surface area (Å²) in [5, 5.41) is 5.03. The maximum atomic E-state index is 13.1. The summed E-state index contributed by atoms with van der Waals surface area (Å²) in [6.07, 6.45) is -3.98. The fourth-order valence-electron chi connectivity index (χ4n) is 3.40. The summed E-state index contributed by atoms with van der Waals surface area (Å²) >= 11 is 6.13. The van der Waals surface area contributed by atoms with Gasteiger partial charge in [-0.25, -0.2) is 4.99 Å². The molecule has 1 amide bonds. The van der Waals surface area contributed by atoms with E-state index in [0.29, 0.717) is 16.8 Å². The van der Waals surface area contributed by atoms with Gasteiger partial charge in [-0.15, -0.1) is 0 Å². The van der Waals surface area contributed by atoms with Crippen molar-refractivity contribution in [2.75, 3.05) is 5.32 Å². The second kappa shape index (κ2) is 10.0.